The van der Waals surface area contributed by atoms with E-state index in [0.717, 1.165) is 16.7 Å². The summed E-state index contributed by atoms with van der Waals surface area (Å²) in [4.78, 5) is 12.9. The molecule has 1 N–H and O–H groups in total. The lowest BCUT2D eigenvalue weighted by atomic mass is 10.0. The molecule has 34 heavy (non-hydrogen) atoms. The van der Waals surface area contributed by atoms with Crippen LogP contribution in [0.5, 0.6) is 5.75 Å². The van der Waals surface area contributed by atoms with Gasteiger partial charge in [0.2, 0.25) is 15.9 Å². The van der Waals surface area contributed by atoms with Crippen LogP contribution in [0.1, 0.15) is 12.5 Å². The quantitative estimate of drug-likeness (QED) is 0.528. The maximum absolute atomic E-state index is 13.1. The Morgan fingerprint density at radius 2 is 1.65 bits per heavy atom. The molecule has 8 heteroatoms. The number of carbonyl (C=O) groups excluding carboxylic acids is 1. The van der Waals surface area contributed by atoms with E-state index in [1.54, 1.807) is 6.07 Å². The molecule has 7 nitrogen and oxygen atoms in total. The van der Waals surface area contributed by atoms with Gasteiger partial charge in [0.05, 0.1) is 36.8 Å². The first-order valence-electron chi connectivity index (χ1n) is 11.3. The Bertz CT molecular complexity index is 1220. The molecule has 0 unspecified atom stereocenters. The summed E-state index contributed by atoms with van der Waals surface area (Å²) >= 11 is 0. The standard InChI is InChI=1S/C26H28N2O5S/c1-2-33-25-13-12-23(34(30,31)28-14-16-32-17-15-28)19-24(25)27-26(29)18-20-8-10-22(11-9-20)21-6-4-3-5-7-21/h3-13,19H,2,14-18H2,1H3,(H,27,29). The van der Waals surface area contributed by atoms with Crippen LogP contribution < -0.4 is 10.1 Å². The van der Waals surface area contributed by atoms with Crippen LogP contribution in [0.25, 0.3) is 11.1 Å². The minimum atomic E-state index is -3.70. The molecule has 3 aromatic carbocycles. The Morgan fingerprint density at radius 3 is 2.32 bits per heavy atom. The van der Waals surface area contributed by atoms with Crippen LogP contribution in [0, 0.1) is 0 Å². The van der Waals surface area contributed by atoms with Crippen molar-refractivity contribution in [2.45, 2.75) is 18.2 Å². The van der Waals surface area contributed by atoms with Gasteiger partial charge in [-0.1, -0.05) is 54.6 Å². The summed E-state index contributed by atoms with van der Waals surface area (Å²) in [5.41, 5.74) is 3.37. The molecule has 3 aromatic rings. The van der Waals surface area contributed by atoms with E-state index in [4.69, 9.17) is 9.47 Å². The first kappa shape index (κ1) is 23.9. The second kappa shape index (κ2) is 10.8. The number of sulfonamides is 1. The fourth-order valence-corrected chi connectivity index (χ4v) is 5.24. The van der Waals surface area contributed by atoms with Gasteiger partial charge in [-0.25, -0.2) is 8.42 Å². The van der Waals surface area contributed by atoms with Gasteiger partial charge in [-0.2, -0.15) is 4.31 Å². The molecule has 0 radical (unpaired) electrons. The number of nitrogens with zero attached hydrogens (tertiary/aromatic N) is 1. The van der Waals surface area contributed by atoms with Gasteiger partial charge in [-0.3, -0.25) is 4.79 Å². The highest BCUT2D eigenvalue weighted by Crippen LogP contribution is 2.30. The minimum absolute atomic E-state index is 0.111. The number of benzene rings is 3. The molecule has 1 saturated heterocycles. The van der Waals surface area contributed by atoms with Crippen molar-refractivity contribution in [3.05, 3.63) is 78.4 Å². The molecular formula is C26H28N2O5S. The molecule has 1 amide bonds. The number of rotatable bonds is 8. The van der Waals surface area contributed by atoms with Gasteiger partial charge in [-0.15, -0.1) is 0 Å². The summed E-state index contributed by atoms with van der Waals surface area (Å²) in [6.45, 7) is 3.55. The third-order valence-electron chi connectivity index (χ3n) is 5.56. The molecule has 0 spiro atoms. The third-order valence-corrected chi connectivity index (χ3v) is 7.45. The van der Waals surface area contributed by atoms with E-state index >= 15 is 0 Å². The fourth-order valence-electron chi connectivity index (χ4n) is 3.81. The fraction of sp³-hybridized carbons (Fsp3) is 0.269. The maximum atomic E-state index is 13.1. The van der Waals surface area contributed by atoms with Crippen molar-refractivity contribution in [2.75, 3.05) is 38.2 Å². The predicted octanol–water partition coefficient (Wildman–Crippen LogP) is 3.95. The van der Waals surface area contributed by atoms with Crippen molar-refractivity contribution in [1.29, 1.82) is 0 Å². The van der Waals surface area contributed by atoms with Crippen LogP contribution in [0.2, 0.25) is 0 Å². The molecule has 0 aliphatic carbocycles. The Balaban J connectivity index is 1.50. The highest BCUT2D eigenvalue weighted by atomic mass is 32.2. The van der Waals surface area contributed by atoms with Gasteiger partial charge < -0.3 is 14.8 Å². The Labute approximate surface area is 200 Å². The number of morpholine rings is 1. The summed E-state index contributed by atoms with van der Waals surface area (Å²) in [6, 6.07) is 22.4. The number of hydrogen-bond acceptors (Lipinski definition) is 5. The molecular weight excluding hydrogens is 452 g/mol. The van der Waals surface area contributed by atoms with Crippen molar-refractivity contribution in [3.8, 4) is 16.9 Å². The zero-order valence-corrected chi connectivity index (χ0v) is 19.9. The average Bonchev–Trinajstić information content (AvgIpc) is 2.86. The van der Waals surface area contributed by atoms with Crippen molar-refractivity contribution in [3.63, 3.8) is 0 Å². The smallest absolute Gasteiger partial charge is 0.243 e. The van der Waals surface area contributed by atoms with Crippen molar-refractivity contribution in [1.82, 2.24) is 4.31 Å². The molecule has 1 aliphatic heterocycles. The molecule has 0 atom stereocenters. The Hall–Kier alpha value is -3.20. The van der Waals surface area contributed by atoms with Crippen LogP contribution in [-0.2, 0) is 26.0 Å². The number of amides is 1. The molecule has 1 fully saturated rings. The van der Waals surface area contributed by atoms with E-state index < -0.39 is 10.0 Å². The largest absolute Gasteiger partial charge is 0.492 e. The zero-order chi connectivity index (χ0) is 24.0. The second-order valence-corrected chi connectivity index (χ2v) is 9.83. The van der Waals surface area contributed by atoms with Crippen molar-refractivity contribution < 1.29 is 22.7 Å². The molecule has 0 aromatic heterocycles. The minimum Gasteiger partial charge on any atom is -0.492 e. The van der Waals surface area contributed by atoms with Crippen LogP contribution >= 0.6 is 0 Å². The SMILES string of the molecule is CCOc1ccc(S(=O)(=O)N2CCOCC2)cc1NC(=O)Cc1ccc(-c2ccccc2)cc1. The summed E-state index contributed by atoms with van der Waals surface area (Å²) < 4.78 is 38.4. The van der Waals surface area contributed by atoms with Gasteiger partial charge in [0, 0.05) is 13.1 Å². The highest BCUT2D eigenvalue weighted by Gasteiger charge is 2.27. The van der Waals surface area contributed by atoms with Crippen LogP contribution in [0.15, 0.2) is 77.7 Å². The summed E-state index contributed by atoms with van der Waals surface area (Å²) in [6.07, 6.45) is 0.154. The lowest BCUT2D eigenvalue weighted by molar-refractivity contribution is -0.115. The molecule has 0 bridgehead atoms. The van der Waals surface area contributed by atoms with E-state index in [0.29, 0.717) is 44.3 Å². The van der Waals surface area contributed by atoms with Gasteiger partial charge in [0.1, 0.15) is 5.75 Å². The normalized spacial score (nSPS) is 14.5. The lowest BCUT2D eigenvalue weighted by Gasteiger charge is -2.26. The molecule has 1 heterocycles. The highest BCUT2D eigenvalue weighted by molar-refractivity contribution is 7.89. The van der Waals surface area contributed by atoms with Crippen molar-refractivity contribution >= 4 is 21.6 Å². The van der Waals surface area contributed by atoms with Gasteiger partial charge >= 0.3 is 0 Å². The van der Waals surface area contributed by atoms with E-state index in [1.165, 1.54) is 16.4 Å². The zero-order valence-electron chi connectivity index (χ0n) is 19.1. The second-order valence-electron chi connectivity index (χ2n) is 7.90. The van der Waals surface area contributed by atoms with Gasteiger partial charge in [0.25, 0.3) is 0 Å². The van der Waals surface area contributed by atoms with Crippen LogP contribution in [0.3, 0.4) is 0 Å². The number of nitrogens with one attached hydrogen (secondary N) is 1. The first-order valence-corrected chi connectivity index (χ1v) is 12.7. The maximum Gasteiger partial charge on any atom is 0.243 e. The average molecular weight is 481 g/mol. The third kappa shape index (κ3) is 5.64. The van der Waals surface area contributed by atoms with E-state index in [1.807, 2.05) is 61.5 Å². The number of ether oxygens (including phenoxy) is 2. The van der Waals surface area contributed by atoms with E-state index in [9.17, 15) is 13.2 Å². The Kier molecular flexibility index (Phi) is 7.62. The first-order chi connectivity index (χ1) is 16.5. The summed E-state index contributed by atoms with van der Waals surface area (Å²) in [7, 11) is -3.70. The Morgan fingerprint density at radius 1 is 0.971 bits per heavy atom. The number of hydrogen-bond donors (Lipinski definition) is 1. The van der Waals surface area contributed by atoms with Gasteiger partial charge in [-0.05, 0) is 41.8 Å². The monoisotopic (exact) mass is 480 g/mol. The predicted molar refractivity (Wildman–Crippen MR) is 131 cm³/mol. The summed E-state index contributed by atoms with van der Waals surface area (Å²) in [5.74, 6) is 0.172. The molecule has 0 saturated carbocycles. The van der Waals surface area contributed by atoms with Crippen molar-refractivity contribution in [2.24, 2.45) is 0 Å². The van der Waals surface area contributed by atoms with Crippen LogP contribution in [0.4, 0.5) is 5.69 Å². The van der Waals surface area contributed by atoms with E-state index in [2.05, 4.69) is 5.32 Å². The van der Waals surface area contributed by atoms with E-state index in [-0.39, 0.29) is 17.2 Å². The summed E-state index contributed by atoms with van der Waals surface area (Å²) in [5, 5.41) is 2.83. The molecule has 178 valence electrons. The lowest BCUT2D eigenvalue weighted by Crippen LogP contribution is -2.40. The number of carbonyl (C=O) groups is 1. The topological polar surface area (TPSA) is 84.9 Å². The molecule has 4 rings (SSSR count). The number of anilines is 1. The van der Waals surface area contributed by atoms with Gasteiger partial charge in [0.15, 0.2) is 0 Å². The van der Waals surface area contributed by atoms with Crippen LogP contribution in [-0.4, -0.2) is 51.5 Å². The molecule has 1 aliphatic rings.